The van der Waals surface area contributed by atoms with Crippen LogP contribution in [0.15, 0.2) is 46.3 Å². The molecule has 1 amide bonds. The molecule has 0 saturated heterocycles. The third-order valence-corrected chi connectivity index (χ3v) is 5.64. The molecule has 2 aromatic heterocycles. The van der Waals surface area contributed by atoms with Crippen LogP contribution in [0.3, 0.4) is 0 Å². The highest BCUT2D eigenvalue weighted by atomic mass is 32.1. The van der Waals surface area contributed by atoms with Crippen molar-refractivity contribution in [3.05, 3.63) is 59.0 Å². The number of thiazole rings is 1. The number of halogens is 1. The minimum Gasteiger partial charge on any atom is -0.493 e. The molecule has 0 fully saturated rings. The summed E-state index contributed by atoms with van der Waals surface area (Å²) in [4.78, 5) is 21.1. The number of carbonyl (C=O) groups excluding carboxylic acids is 1. The molecule has 0 unspecified atom stereocenters. The van der Waals surface area contributed by atoms with Crippen LogP contribution >= 0.6 is 11.3 Å². The highest BCUT2D eigenvalue weighted by molar-refractivity contribution is 7.14. The first-order valence-corrected chi connectivity index (χ1v) is 10.9. The molecular weight excluding hydrogens is 447 g/mol. The molecule has 10 heteroatoms. The van der Waals surface area contributed by atoms with E-state index in [0.717, 1.165) is 5.56 Å². The van der Waals surface area contributed by atoms with Gasteiger partial charge in [0.05, 0.1) is 19.9 Å². The monoisotopic (exact) mass is 468 g/mol. The maximum Gasteiger partial charge on any atom is 0.227 e. The van der Waals surface area contributed by atoms with Crippen LogP contribution in [0.1, 0.15) is 17.9 Å². The number of amides is 1. The Kier molecular flexibility index (Phi) is 6.64. The zero-order valence-corrected chi connectivity index (χ0v) is 19.0. The summed E-state index contributed by atoms with van der Waals surface area (Å²) in [7, 11) is 3.15. The number of nitrogens with zero attached hydrogens (tertiary/aromatic N) is 3. The molecule has 2 heterocycles. The van der Waals surface area contributed by atoms with Crippen molar-refractivity contribution < 1.29 is 23.2 Å². The number of carbonyl (C=O) groups is 1. The van der Waals surface area contributed by atoms with Crippen LogP contribution in [0, 0.1) is 12.7 Å². The number of methoxy groups -OCH3 is 2. The Hall–Kier alpha value is -3.79. The first-order chi connectivity index (χ1) is 16.0. The van der Waals surface area contributed by atoms with Crippen molar-refractivity contribution in [3.63, 3.8) is 0 Å². The van der Waals surface area contributed by atoms with Gasteiger partial charge >= 0.3 is 0 Å². The van der Waals surface area contributed by atoms with E-state index in [1.807, 2.05) is 17.5 Å². The minimum absolute atomic E-state index is 0.148. The van der Waals surface area contributed by atoms with Crippen LogP contribution in [0.5, 0.6) is 11.5 Å². The molecule has 4 aromatic rings. The van der Waals surface area contributed by atoms with Crippen LogP contribution in [0.2, 0.25) is 0 Å². The molecule has 0 saturated carbocycles. The van der Waals surface area contributed by atoms with Crippen molar-refractivity contribution in [2.24, 2.45) is 0 Å². The van der Waals surface area contributed by atoms with E-state index in [0.29, 0.717) is 45.2 Å². The molecule has 33 heavy (non-hydrogen) atoms. The van der Waals surface area contributed by atoms with Gasteiger partial charge in [0, 0.05) is 29.3 Å². The lowest BCUT2D eigenvalue weighted by Crippen LogP contribution is -2.12. The van der Waals surface area contributed by atoms with Gasteiger partial charge in [-0.05, 0) is 48.9 Å². The van der Waals surface area contributed by atoms with Gasteiger partial charge in [0.1, 0.15) is 5.82 Å². The number of rotatable bonds is 8. The van der Waals surface area contributed by atoms with Gasteiger partial charge in [0.2, 0.25) is 17.6 Å². The largest absolute Gasteiger partial charge is 0.493 e. The highest BCUT2D eigenvalue weighted by Gasteiger charge is 2.14. The van der Waals surface area contributed by atoms with Gasteiger partial charge in [0.25, 0.3) is 0 Å². The second-order valence-corrected chi connectivity index (χ2v) is 7.99. The molecule has 0 bridgehead atoms. The highest BCUT2D eigenvalue weighted by Crippen LogP contribution is 2.33. The first-order valence-electron chi connectivity index (χ1n) is 10.0. The Morgan fingerprint density at radius 1 is 1.09 bits per heavy atom. The predicted octanol–water partition coefficient (Wildman–Crippen LogP) is 4.90. The fraction of sp³-hybridized carbons (Fsp3) is 0.217. The smallest absolute Gasteiger partial charge is 0.227 e. The lowest BCUT2D eigenvalue weighted by molar-refractivity contribution is -0.116. The molecule has 8 nitrogen and oxygen atoms in total. The van der Waals surface area contributed by atoms with Crippen molar-refractivity contribution in [3.8, 4) is 34.1 Å². The van der Waals surface area contributed by atoms with E-state index in [-0.39, 0.29) is 24.6 Å². The Morgan fingerprint density at radius 2 is 1.88 bits per heavy atom. The third kappa shape index (κ3) is 5.17. The van der Waals surface area contributed by atoms with Crippen molar-refractivity contribution in [1.82, 2.24) is 15.1 Å². The fourth-order valence-corrected chi connectivity index (χ4v) is 3.85. The summed E-state index contributed by atoms with van der Waals surface area (Å²) in [6.45, 7) is 1.67. The topological polar surface area (TPSA) is 99.4 Å². The molecule has 0 aliphatic carbocycles. The van der Waals surface area contributed by atoms with Crippen molar-refractivity contribution in [1.29, 1.82) is 0 Å². The SMILES string of the molecule is COc1ccc(-c2csc(NC(=O)CCc3nc(-c4ccc(F)c(C)c4)no3)n2)cc1OC. The molecule has 0 aliphatic heterocycles. The van der Waals surface area contributed by atoms with Crippen LogP contribution in [-0.4, -0.2) is 35.3 Å². The summed E-state index contributed by atoms with van der Waals surface area (Å²) >= 11 is 1.32. The molecule has 0 atom stereocenters. The zero-order chi connectivity index (χ0) is 23.4. The fourth-order valence-electron chi connectivity index (χ4n) is 3.12. The normalized spacial score (nSPS) is 10.8. The number of hydrogen-bond donors (Lipinski definition) is 1. The molecule has 0 spiro atoms. The van der Waals surface area contributed by atoms with E-state index in [1.54, 1.807) is 39.3 Å². The molecule has 1 N–H and O–H groups in total. The van der Waals surface area contributed by atoms with Crippen LogP contribution in [0.25, 0.3) is 22.6 Å². The van der Waals surface area contributed by atoms with Crippen LogP contribution in [0.4, 0.5) is 9.52 Å². The van der Waals surface area contributed by atoms with Crippen molar-refractivity contribution >= 4 is 22.4 Å². The van der Waals surface area contributed by atoms with E-state index in [1.165, 1.54) is 17.4 Å². The van der Waals surface area contributed by atoms with Crippen molar-refractivity contribution in [2.45, 2.75) is 19.8 Å². The summed E-state index contributed by atoms with van der Waals surface area (Å²) in [5.74, 6) is 1.39. The second-order valence-electron chi connectivity index (χ2n) is 7.13. The molecule has 170 valence electrons. The third-order valence-electron chi connectivity index (χ3n) is 4.88. The lowest BCUT2D eigenvalue weighted by Gasteiger charge is -2.08. The maximum atomic E-state index is 13.4. The quantitative estimate of drug-likeness (QED) is 0.393. The zero-order valence-electron chi connectivity index (χ0n) is 18.2. The Morgan fingerprint density at radius 3 is 2.64 bits per heavy atom. The molecule has 0 aliphatic rings. The molecular formula is C23H21FN4O4S. The summed E-state index contributed by atoms with van der Waals surface area (Å²) in [5, 5.41) is 9.04. The standard InChI is InChI=1S/C23H21FN4O4S/c1-13-10-15(4-6-16(13)24)22-27-21(32-28-22)9-8-20(29)26-23-25-17(12-33-23)14-5-7-18(30-2)19(11-14)31-3/h4-7,10-12H,8-9H2,1-3H3,(H,25,26,29). The van der Waals surface area contributed by atoms with Crippen LogP contribution in [-0.2, 0) is 11.2 Å². The number of anilines is 1. The van der Waals surface area contributed by atoms with E-state index in [2.05, 4.69) is 20.4 Å². The van der Waals surface area contributed by atoms with E-state index in [4.69, 9.17) is 14.0 Å². The molecule has 4 rings (SSSR count). The number of aryl methyl sites for hydroxylation is 2. The van der Waals surface area contributed by atoms with Gasteiger partial charge in [-0.2, -0.15) is 4.98 Å². The predicted molar refractivity (Wildman–Crippen MR) is 122 cm³/mol. The molecule has 0 radical (unpaired) electrons. The summed E-state index contributed by atoms with van der Waals surface area (Å²) in [5.41, 5.74) is 2.71. The minimum atomic E-state index is -0.296. The summed E-state index contributed by atoms with van der Waals surface area (Å²) in [6.07, 6.45) is 0.419. The average Bonchev–Trinajstić information content (AvgIpc) is 3.49. The van der Waals surface area contributed by atoms with Crippen LogP contribution < -0.4 is 14.8 Å². The van der Waals surface area contributed by atoms with Gasteiger partial charge < -0.3 is 19.3 Å². The van der Waals surface area contributed by atoms with Gasteiger partial charge in [-0.1, -0.05) is 5.16 Å². The second kappa shape index (κ2) is 9.78. The summed E-state index contributed by atoms with van der Waals surface area (Å²) < 4.78 is 29.3. The molecule has 2 aromatic carbocycles. The first kappa shape index (κ1) is 22.4. The maximum absolute atomic E-state index is 13.4. The van der Waals surface area contributed by atoms with E-state index >= 15 is 0 Å². The Balaban J connectivity index is 1.35. The lowest BCUT2D eigenvalue weighted by atomic mass is 10.1. The van der Waals surface area contributed by atoms with E-state index in [9.17, 15) is 9.18 Å². The van der Waals surface area contributed by atoms with Gasteiger partial charge in [-0.3, -0.25) is 4.79 Å². The number of aromatic nitrogens is 3. The Labute approximate surface area is 193 Å². The van der Waals surface area contributed by atoms with Gasteiger partial charge in [-0.25, -0.2) is 9.37 Å². The van der Waals surface area contributed by atoms with E-state index < -0.39 is 0 Å². The number of ether oxygens (including phenoxy) is 2. The summed E-state index contributed by atoms with van der Waals surface area (Å²) in [6, 6.07) is 10.1. The number of hydrogen-bond acceptors (Lipinski definition) is 8. The van der Waals surface area contributed by atoms with Crippen molar-refractivity contribution in [2.75, 3.05) is 19.5 Å². The number of benzene rings is 2. The Bertz CT molecular complexity index is 1290. The van der Waals surface area contributed by atoms with Gasteiger partial charge in [-0.15, -0.1) is 11.3 Å². The average molecular weight is 469 g/mol. The van der Waals surface area contributed by atoms with Gasteiger partial charge in [0.15, 0.2) is 16.6 Å². The number of nitrogens with one attached hydrogen (secondary N) is 1.